The highest BCUT2D eigenvalue weighted by atomic mass is 16.1. The van der Waals surface area contributed by atoms with Crippen molar-refractivity contribution in [2.24, 2.45) is 5.92 Å². The number of nitrogens with one attached hydrogen (secondary N) is 2. The molecule has 1 amide bonds. The first kappa shape index (κ1) is 18.2. The molecule has 26 heavy (non-hydrogen) atoms. The Morgan fingerprint density at radius 2 is 1.73 bits per heavy atom. The molecule has 0 aliphatic heterocycles. The van der Waals surface area contributed by atoms with Crippen LogP contribution in [0.2, 0.25) is 0 Å². The number of aromatic amines is 1. The number of hydrogen-bond donors (Lipinski definition) is 2. The molecule has 2 N–H and O–H groups in total. The molecule has 0 bridgehead atoms. The number of amides is 1. The third kappa shape index (κ3) is 3.98. The van der Waals surface area contributed by atoms with Crippen molar-refractivity contribution in [3.8, 4) is 0 Å². The smallest absolute Gasteiger partial charge is 0.221 e. The molecule has 3 nitrogen and oxygen atoms in total. The maximum Gasteiger partial charge on any atom is 0.221 e. The molecule has 2 aromatic carbocycles. The summed E-state index contributed by atoms with van der Waals surface area (Å²) in [4.78, 5) is 16.1. The number of benzene rings is 2. The van der Waals surface area contributed by atoms with Gasteiger partial charge in [0.15, 0.2) is 0 Å². The van der Waals surface area contributed by atoms with E-state index in [-0.39, 0.29) is 17.9 Å². The first-order valence-electron chi connectivity index (χ1n) is 9.37. The van der Waals surface area contributed by atoms with Gasteiger partial charge >= 0.3 is 0 Å². The monoisotopic (exact) mass is 348 g/mol. The lowest BCUT2D eigenvalue weighted by Crippen LogP contribution is -2.36. The zero-order valence-electron chi connectivity index (χ0n) is 16.0. The van der Waals surface area contributed by atoms with Crippen molar-refractivity contribution >= 4 is 16.8 Å². The predicted molar refractivity (Wildman–Crippen MR) is 108 cm³/mol. The van der Waals surface area contributed by atoms with Gasteiger partial charge in [0.2, 0.25) is 5.91 Å². The van der Waals surface area contributed by atoms with Crippen LogP contribution in [0, 0.1) is 12.8 Å². The molecule has 0 aliphatic carbocycles. The van der Waals surface area contributed by atoms with Gasteiger partial charge in [-0.1, -0.05) is 61.9 Å². The summed E-state index contributed by atoms with van der Waals surface area (Å²) in [5.41, 5.74) is 4.68. The minimum Gasteiger partial charge on any atom is -0.361 e. The van der Waals surface area contributed by atoms with E-state index in [1.165, 1.54) is 22.1 Å². The van der Waals surface area contributed by atoms with Gasteiger partial charge in [0.25, 0.3) is 0 Å². The zero-order chi connectivity index (χ0) is 18.7. The van der Waals surface area contributed by atoms with Gasteiger partial charge in [-0.2, -0.15) is 0 Å². The van der Waals surface area contributed by atoms with Crippen LogP contribution >= 0.6 is 0 Å². The molecule has 0 spiro atoms. The average Bonchev–Trinajstić information content (AvgIpc) is 3.04. The summed E-state index contributed by atoms with van der Waals surface area (Å²) >= 11 is 0. The van der Waals surface area contributed by atoms with Crippen molar-refractivity contribution in [3.63, 3.8) is 0 Å². The summed E-state index contributed by atoms with van der Waals surface area (Å²) in [6, 6.07) is 17.0. The first-order chi connectivity index (χ1) is 12.5. The maximum absolute atomic E-state index is 12.7. The number of rotatable bonds is 6. The number of aromatic nitrogens is 1. The van der Waals surface area contributed by atoms with Crippen molar-refractivity contribution in [2.45, 2.75) is 46.1 Å². The molecule has 1 aromatic heterocycles. The van der Waals surface area contributed by atoms with Crippen molar-refractivity contribution in [1.82, 2.24) is 10.3 Å². The molecule has 0 radical (unpaired) electrons. The summed E-state index contributed by atoms with van der Waals surface area (Å²) in [5.74, 6) is 0.554. The summed E-state index contributed by atoms with van der Waals surface area (Å²) in [7, 11) is 0. The minimum absolute atomic E-state index is 0.0334. The van der Waals surface area contributed by atoms with Crippen LogP contribution in [0.3, 0.4) is 0 Å². The standard InChI is InChI=1S/C23H28N2O/c1-15(2)17(4)25-23(26)13-20(18-11-9-16(3)10-12-18)21-14-24-22-8-6-5-7-19(21)22/h5-12,14-15,17,20,24H,13H2,1-4H3,(H,25,26). The van der Waals surface area contributed by atoms with E-state index in [2.05, 4.69) is 74.4 Å². The Morgan fingerprint density at radius 1 is 1.04 bits per heavy atom. The summed E-state index contributed by atoms with van der Waals surface area (Å²) in [5, 5.41) is 4.33. The zero-order valence-corrected chi connectivity index (χ0v) is 16.0. The first-order valence-corrected chi connectivity index (χ1v) is 9.37. The van der Waals surface area contributed by atoms with Crippen LogP contribution in [-0.2, 0) is 4.79 Å². The third-order valence-corrected chi connectivity index (χ3v) is 5.25. The highest BCUT2D eigenvalue weighted by molar-refractivity contribution is 5.86. The second kappa shape index (κ2) is 7.77. The van der Waals surface area contributed by atoms with Gasteiger partial charge in [0.05, 0.1) is 0 Å². The largest absolute Gasteiger partial charge is 0.361 e. The molecule has 2 unspecified atom stereocenters. The Labute approximate surface area is 155 Å². The fraction of sp³-hybridized carbons (Fsp3) is 0.348. The lowest BCUT2D eigenvalue weighted by Gasteiger charge is -2.21. The Kier molecular flexibility index (Phi) is 5.46. The van der Waals surface area contributed by atoms with E-state index in [0.29, 0.717) is 12.3 Å². The minimum atomic E-state index is 0.0334. The SMILES string of the molecule is Cc1ccc(C(CC(=O)NC(C)C(C)C)c2c[nH]c3ccccc23)cc1. The second-order valence-corrected chi connectivity index (χ2v) is 7.56. The molecule has 0 saturated heterocycles. The van der Waals surface area contributed by atoms with E-state index >= 15 is 0 Å². The average molecular weight is 348 g/mol. The third-order valence-electron chi connectivity index (χ3n) is 5.25. The number of para-hydroxylation sites is 1. The van der Waals surface area contributed by atoms with Crippen LogP contribution in [0.4, 0.5) is 0 Å². The van der Waals surface area contributed by atoms with Gasteiger partial charge in [-0.05, 0) is 37.0 Å². The van der Waals surface area contributed by atoms with Gasteiger partial charge in [0, 0.05) is 35.5 Å². The van der Waals surface area contributed by atoms with E-state index in [1.807, 2.05) is 18.3 Å². The quantitative estimate of drug-likeness (QED) is 0.635. The highest BCUT2D eigenvalue weighted by Gasteiger charge is 2.22. The highest BCUT2D eigenvalue weighted by Crippen LogP contribution is 2.33. The van der Waals surface area contributed by atoms with Gasteiger partial charge in [-0.3, -0.25) is 4.79 Å². The number of H-pyrrole nitrogens is 1. The van der Waals surface area contributed by atoms with Gasteiger partial charge in [-0.25, -0.2) is 0 Å². The molecule has 3 rings (SSSR count). The molecule has 0 aliphatic rings. The van der Waals surface area contributed by atoms with Crippen LogP contribution in [0.1, 0.15) is 49.8 Å². The summed E-state index contributed by atoms with van der Waals surface area (Å²) < 4.78 is 0. The summed E-state index contributed by atoms with van der Waals surface area (Å²) in [6.07, 6.45) is 2.50. The molecular formula is C23H28N2O. The number of hydrogen-bond acceptors (Lipinski definition) is 1. The maximum atomic E-state index is 12.7. The van der Waals surface area contributed by atoms with Crippen molar-refractivity contribution in [1.29, 1.82) is 0 Å². The lowest BCUT2D eigenvalue weighted by atomic mass is 9.87. The van der Waals surface area contributed by atoms with Crippen LogP contribution in [0.5, 0.6) is 0 Å². The Balaban J connectivity index is 1.94. The van der Waals surface area contributed by atoms with Crippen molar-refractivity contribution in [3.05, 3.63) is 71.4 Å². The topological polar surface area (TPSA) is 44.9 Å². The van der Waals surface area contributed by atoms with E-state index in [0.717, 1.165) is 5.52 Å². The van der Waals surface area contributed by atoms with Crippen LogP contribution in [-0.4, -0.2) is 16.9 Å². The molecule has 0 fully saturated rings. The molecule has 0 saturated carbocycles. The number of fused-ring (bicyclic) bond motifs is 1. The fourth-order valence-electron chi connectivity index (χ4n) is 3.25. The molecule has 2 atom stereocenters. The molecule has 136 valence electrons. The number of aryl methyl sites for hydroxylation is 1. The second-order valence-electron chi connectivity index (χ2n) is 7.56. The van der Waals surface area contributed by atoms with Crippen LogP contribution in [0.25, 0.3) is 10.9 Å². The van der Waals surface area contributed by atoms with Crippen molar-refractivity contribution < 1.29 is 4.79 Å². The Bertz CT molecular complexity index is 877. The van der Waals surface area contributed by atoms with Gasteiger partial charge in [-0.15, -0.1) is 0 Å². The predicted octanol–water partition coefficient (Wildman–Crippen LogP) is 5.16. The lowest BCUT2D eigenvalue weighted by molar-refractivity contribution is -0.122. The normalized spacial score (nSPS) is 13.7. The van der Waals surface area contributed by atoms with E-state index in [9.17, 15) is 4.79 Å². The van der Waals surface area contributed by atoms with Crippen LogP contribution in [0.15, 0.2) is 54.7 Å². The Hall–Kier alpha value is -2.55. The van der Waals surface area contributed by atoms with E-state index in [4.69, 9.17) is 0 Å². The number of carbonyl (C=O) groups is 1. The molecule has 3 aromatic rings. The van der Waals surface area contributed by atoms with E-state index < -0.39 is 0 Å². The van der Waals surface area contributed by atoms with Crippen LogP contribution < -0.4 is 5.32 Å². The van der Waals surface area contributed by atoms with Gasteiger partial charge in [0.1, 0.15) is 0 Å². The number of carbonyl (C=O) groups excluding carboxylic acids is 1. The molecule has 1 heterocycles. The Morgan fingerprint density at radius 3 is 2.42 bits per heavy atom. The summed E-state index contributed by atoms with van der Waals surface area (Å²) in [6.45, 7) is 8.40. The fourth-order valence-corrected chi connectivity index (χ4v) is 3.25. The molecule has 3 heteroatoms. The van der Waals surface area contributed by atoms with Crippen molar-refractivity contribution in [2.75, 3.05) is 0 Å². The van der Waals surface area contributed by atoms with Gasteiger partial charge < -0.3 is 10.3 Å². The molecular weight excluding hydrogens is 320 g/mol. The van der Waals surface area contributed by atoms with E-state index in [1.54, 1.807) is 0 Å².